The zero-order valence-corrected chi connectivity index (χ0v) is 13.7. The molecular formula is C17H15BrO4. The normalized spacial score (nSPS) is 12.3. The van der Waals surface area contributed by atoms with E-state index in [0.717, 1.165) is 15.6 Å². The zero-order valence-electron chi connectivity index (χ0n) is 12.1. The van der Waals surface area contributed by atoms with Crippen molar-refractivity contribution in [2.24, 2.45) is 0 Å². The maximum Gasteiger partial charge on any atom is 0.310 e. The number of rotatable bonds is 4. The lowest BCUT2D eigenvalue weighted by Crippen LogP contribution is -2.08. The number of hydrogen-bond acceptors (Lipinski definition) is 4. The quantitative estimate of drug-likeness (QED) is 0.776. The summed E-state index contributed by atoms with van der Waals surface area (Å²) in [5, 5.41) is 0. The van der Waals surface area contributed by atoms with Crippen molar-refractivity contribution in [1.29, 1.82) is 0 Å². The number of aryl methyl sites for hydroxylation is 1. The van der Waals surface area contributed by atoms with Gasteiger partial charge in [0, 0.05) is 10.0 Å². The Balaban J connectivity index is 1.60. The van der Waals surface area contributed by atoms with Crippen molar-refractivity contribution in [3.05, 3.63) is 57.6 Å². The minimum absolute atomic E-state index is 0.196. The number of ether oxygens (including phenoxy) is 3. The maximum absolute atomic E-state index is 11.9. The summed E-state index contributed by atoms with van der Waals surface area (Å²) >= 11 is 3.45. The summed E-state index contributed by atoms with van der Waals surface area (Å²) in [6.45, 7) is 2.43. The third-order valence-corrected chi connectivity index (χ3v) is 4.14. The third kappa shape index (κ3) is 3.42. The molecule has 1 heterocycles. The van der Waals surface area contributed by atoms with Crippen molar-refractivity contribution >= 4 is 21.9 Å². The lowest BCUT2D eigenvalue weighted by molar-refractivity contribution is -0.144. The highest BCUT2D eigenvalue weighted by Crippen LogP contribution is 2.37. The number of carbonyl (C=O) groups is 1. The molecule has 114 valence electrons. The van der Waals surface area contributed by atoms with Gasteiger partial charge >= 0.3 is 5.97 Å². The fourth-order valence-electron chi connectivity index (χ4n) is 2.15. The van der Waals surface area contributed by atoms with E-state index in [-0.39, 0.29) is 25.8 Å². The monoisotopic (exact) mass is 362 g/mol. The lowest BCUT2D eigenvalue weighted by atomic mass is 10.1. The number of halogens is 1. The van der Waals surface area contributed by atoms with Gasteiger partial charge in [0.2, 0.25) is 6.79 Å². The Labute approximate surface area is 137 Å². The highest BCUT2D eigenvalue weighted by molar-refractivity contribution is 9.10. The van der Waals surface area contributed by atoms with Crippen LogP contribution >= 0.6 is 15.9 Å². The van der Waals surface area contributed by atoms with Gasteiger partial charge < -0.3 is 14.2 Å². The molecule has 0 unspecified atom stereocenters. The summed E-state index contributed by atoms with van der Waals surface area (Å²) in [4.78, 5) is 11.9. The highest BCUT2D eigenvalue weighted by atomic mass is 79.9. The van der Waals surface area contributed by atoms with Crippen LogP contribution in [0.25, 0.3) is 0 Å². The smallest absolute Gasteiger partial charge is 0.310 e. The molecule has 0 fully saturated rings. The van der Waals surface area contributed by atoms with Gasteiger partial charge in [0.15, 0.2) is 11.5 Å². The maximum atomic E-state index is 11.9. The summed E-state index contributed by atoms with van der Waals surface area (Å²) in [7, 11) is 0. The standard InChI is InChI=1S/C17H15BrO4/c1-11-2-4-12(5-3-11)6-17(19)20-9-13-7-15-16(8-14(13)18)22-10-21-15/h2-5,7-8H,6,9-10H2,1H3. The van der Waals surface area contributed by atoms with Crippen molar-refractivity contribution in [2.45, 2.75) is 20.0 Å². The van der Waals surface area contributed by atoms with Gasteiger partial charge in [0.1, 0.15) is 6.61 Å². The van der Waals surface area contributed by atoms with E-state index in [1.807, 2.05) is 43.3 Å². The molecule has 0 saturated carbocycles. The van der Waals surface area contributed by atoms with Crippen LogP contribution in [0.2, 0.25) is 0 Å². The molecule has 0 N–H and O–H groups in total. The molecular weight excluding hydrogens is 348 g/mol. The molecule has 0 spiro atoms. The van der Waals surface area contributed by atoms with Gasteiger partial charge in [-0.15, -0.1) is 0 Å². The first kappa shape index (κ1) is 14.9. The molecule has 2 aromatic rings. The fraction of sp³-hybridized carbons (Fsp3) is 0.235. The first-order chi connectivity index (χ1) is 10.6. The Morgan fingerprint density at radius 1 is 1.18 bits per heavy atom. The van der Waals surface area contributed by atoms with Crippen LogP contribution in [-0.2, 0) is 22.6 Å². The SMILES string of the molecule is Cc1ccc(CC(=O)OCc2cc3c(cc2Br)OCO3)cc1. The minimum Gasteiger partial charge on any atom is -0.461 e. The average molecular weight is 363 g/mol. The Morgan fingerprint density at radius 2 is 1.86 bits per heavy atom. The van der Waals surface area contributed by atoms with Crippen LogP contribution < -0.4 is 9.47 Å². The van der Waals surface area contributed by atoms with Crippen LogP contribution in [0.1, 0.15) is 16.7 Å². The number of esters is 1. The highest BCUT2D eigenvalue weighted by Gasteiger charge is 2.17. The van der Waals surface area contributed by atoms with E-state index in [9.17, 15) is 4.79 Å². The van der Waals surface area contributed by atoms with Gasteiger partial charge in [-0.25, -0.2) is 0 Å². The second-order valence-corrected chi connectivity index (χ2v) is 5.97. The van der Waals surface area contributed by atoms with E-state index in [1.54, 1.807) is 0 Å². The largest absolute Gasteiger partial charge is 0.461 e. The van der Waals surface area contributed by atoms with Crippen LogP contribution in [-0.4, -0.2) is 12.8 Å². The van der Waals surface area contributed by atoms with Gasteiger partial charge in [-0.2, -0.15) is 0 Å². The average Bonchev–Trinajstić information content (AvgIpc) is 2.94. The Hall–Kier alpha value is -2.01. The summed E-state index contributed by atoms with van der Waals surface area (Å²) in [6, 6.07) is 11.5. The molecule has 4 nitrogen and oxygen atoms in total. The van der Waals surface area contributed by atoms with Crippen LogP contribution in [0.3, 0.4) is 0 Å². The van der Waals surface area contributed by atoms with Crippen LogP contribution in [0.5, 0.6) is 11.5 Å². The second kappa shape index (κ2) is 6.40. The topological polar surface area (TPSA) is 44.8 Å². The van der Waals surface area contributed by atoms with Crippen molar-refractivity contribution in [3.8, 4) is 11.5 Å². The van der Waals surface area contributed by atoms with Crippen molar-refractivity contribution in [3.63, 3.8) is 0 Å². The number of hydrogen-bond donors (Lipinski definition) is 0. The van der Waals surface area contributed by atoms with E-state index >= 15 is 0 Å². The van der Waals surface area contributed by atoms with E-state index in [1.165, 1.54) is 5.56 Å². The summed E-state index contributed by atoms with van der Waals surface area (Å²) in [6.07, 6.45) is 0.266. The lowest BCUT2D eigenvalue weighted by Gasteiger charge is -2.08. The summed E-state index contributed by atoms with van der Waals surface area (Å²) < 4.78 is 16.8. The summed E-state index contributed by atoms with van der Waals surface area (Å²) in [5.74, 6) is 1.11. The van der Waals surface area contributed by atoms with Gasteiger partial charge in [-0.3, -0.25) is 4.79 Å². The Kier molecular flexibility index (Phi) is 4.34. The predicted molar refractivity (Wildman–Crippen MR) is 84.9 cm³/mol. The second-order valence-electron chi connectivity index (χ2n) is 5.12. The zero-order chi connectivity index (χ0) is 15.5. The van der Waals surface area contributed by atoms with Crippen LogP contribution in [0.4, 0.5) is 0 Å². The van der Waals surface area contributed by atoms with Crippen molar-refractivity contribution < 1.29 is 19.0 Å². The van der Waals surface area contributed by atoms with Crippen molar-refractivity contribution in [2.75, 3.05) is 6.79 Å². The molecule has 2 aromatic carbocycles. The molecule has 0 bridgehead atoms. The first-order valence-electron chi connectivity index (χ1n) is 6.91. The molecule has 0 radical (unpaired) electrons. The molecule has 0 amide bonds. The van der Waals surface area contributed by atoms with Crippen molar-refractivity contribution in [1.82, 2.24) is 0 Å². The number of benzene rings is 2. The summed E-state index contributed by atoms with van der Waals surface area (Å²) in [5.41, 5.74) is 2.96. The van der Waals surface area contributed by atoms with Crippen LogP contribution in [0, 0.1) is 6.92 Å². The van der Waals surface area contributed by atoms with E-state index in [4.69, 9.17) is 14.2 Å². The molecule has 5 heteroatoms. The van der Waals surface area contributed by atoms with Crippen LogP contribution in [0.15, 0.2) is 40.9 Å². The van der Waals surface area contributed by atoms with Gasteiger partial charge in [0.25, 0.3) is 0 Å². The third-order valence-electron chi connectivity index (χ3n) is 3.40. The number of carbonyl (C=O) groups excluding carboxylic acids is 1. The molecule has 0 aliphatic carbocycles. The molecule has 1 aliphatic heterocycles. The van der Waals surface area contributed by atoms with E-state index in [0.29, 0.717) is 11.5 Å². The molecule has 0 saturated heterocycles. The fourth-order valence-corrected chi connectivity index (χ4v) is 2.59. The first-order valence-corrected chi connectivity index (χ1v) is 7.70. The van der Waals surface area contributed by atoms with Gasteiger partial charge in [-0.05, 0) is 24.6 Å². The number of fused-ring (bicyclic) bond motifs is 1. The Bertz CT molecular complexity index is 695. The van der Waals surface area contributed by atoms with Gasteiger partial charge in [0.05, 0.1) is 6.42 Å². The molecule has 0 aromatic heterocycles. The Morgan fingerprint density at radius 3 is 2.59 bits per heavy atom. The molecule has 3 rings (SSSR count). The van der Waals surface area contributed by atoms with E-state index in [2.05, 4.69) is 15.9 Å². The molecule has 0 atom stereocenters. The molecule has 22 heavy (non-hydrogen) atoms. The predicted octanol–water partition coefficient (Wildman–Crippen LogP) is 3.77. The minimum atomic E-state index is -0.256. The van der Waals surface area contributed by atoms with Gasteiger partial charge in [-0.1, -0.05) is 45.8 Å². The van der Waals surface area contributed by atoms with E-state index < -0.39 is 0 Å². The molecule has 1 aliphatic rings.